The number of unbranched alkanes of at least 4 members (excludes halogenated alkanes) is 1. The summed E-state index contributed by atoms with van der Waals surface area (Å²) in [5.74, 6) is -6.75. The number of halogens is 2. The lowest BCUT2D eigenvalue weighted by molar-refractivity contribution is -0.527. The summed E-state index contributed by atoms with van der Waals surface area (Å²) >= 11 is 0. The van der Waals surface area contributed by atoms with Crippen molar-refractivity contribution in [2.45, 2.75) is 102 Å². The number of nitrogens with zero attached hydrogens (tertiary/aromatic N) is 3. The molecule has 66 heavy (non-hydrogen) atoms. The molecular formula is C41H55F2N3O20. The molecule has 0 aromatic heterocycles. The van der Waals surface area contributed by atoms with Gasteiger partial charge in [-0.05, 0) is 93.7 Å². The van der Waals surface area contributed by atoms with Gasteiger partial charge in [0, 0.05) is 29.1 Å². The second kappa shape index (κ2) is 21.6. The van der Waals surface area contributed by atoms with Crippen LogP contribution in [0.4, 0.5) is 13.6 Å². The van der Waals surface area contributed by atoms with E-state index in [1.54, 1.807) is 6.92 Å². The number of benzene rings is 1. The standard InChI is InChI=1S/C41H55F2N3O20/c1-23-16-27-28-19-30(42)29-18-25(47)12-13-38(29,2)40(28,43)33(48)20-39(27,3)41(23,65-35(50)9-7-15-62-44(53)54)34(49)22-61-37(52)64-31-11-10-24(17-32(31)59-4)36(51)60-14-6-5-8-26(66-46(57)58)21-63-45(55)56/h10-13,17-18,23,26-28,30,33,48,53-58H,5-9,14-16,19-22H2,1-4H3/t23-,26?,27?,28?,30+,33+,38+,39+,40+,41+/m1/s1. The summed E-state index contributed by atoms with van der Waals surface area (Å²) in [6.45, 7) is 2.48. The molecule has 0 bridgehead atoms. The number of hydrogen-bond acceptors (Lipinski definition) is 23. The first-order valence-corrected chi connectivity index (χ1v) is 20.9. The molecular weight excluding hydrogens is 892 g/mol. The van der Waals surface area contributed by atoms with E-state index in [0.29, 0.717) is 6.42 Å². The van der Waals surface area contributed by atoms with Crippen LogP contribution in [0.3, 0.4) is 0 Å². The second-order valence-electron chi connectivity index (χ2n) is 17.0. The summed E-state index contributed by atoms with van der Waals surface area (Å²) in [5.41, 5.74) is -8.20. The zero-order valence-corrected chi connectivity index (χ0v) is 36.4. The van der Waals surface area contributed by atoms with Crippen molar-refractivity contribution < 1.29 is 107 Å². The zero-order valence-electron chi connectivity index (χ0n) is 36.4. The van der Waals surface area contributed by atoms with Crippen molar-refractivity contribution in [3.63, 3.8) is 0 Å². The van der Waals surface area contributed by atoms with E-state index in [1.807, 2.05) is 0 Å². The number of rotatable bonds is 22. The average Bonchev–Trinajstić information content (AvgIpc) is 3.46. The number of ketones is 2. The van der Waals surface area contributed by atoms with Gasteiger partial charge < -0.3 is 28.8 Å². The molecule has 7 N–H and O–H groups in total. The highest BCUT2D eigenvalue weighted by Gasteiger charge is 2.78. The van der Waals surface area contributed by atoms with Gasteiger partial charge in [-0.25, -0.2) is 28.0 Å². The molecule has 3 unspecified atom stereocenters. The highest BCUT2D eigenvalue weighted by molar-refractivity contribution is 6.01. The minimum atomic E-state index is -2.52. The third-order valence-electron chi connectivity index (χ3n) is 13.3. The van der Waals surface area contributed by atoms with E-state index in [1.165, 1.54) is 45.2 Å². The van der Waals surface area contributed by atoms with Crippen LogP contribution in [0.1, 0.15) is 82.5 Å². The number of aliphatic hydroxyl groups is 1. The van der Waals surface area contributed by atoms with Crippen molar-refractivity contribution in [3.8, 4) is 11.5 Å². The van der Waals surface area contributed by atoms with Crippen LogP contribution in [0.5, 0.6) is 11.5 Å². The lowest BCUT2D eigenvalue weighted by atomic mass is 9.44. The third kappa shape index (κ3) is 10.7. The van der Waals surface area contributed by atoms with Crippen LogP contribution < -0.4 is 9.47 Å². The van der Waals surface area contributed by atoms with Gasteiger partial charge in [-0.3, -0.25) is 50.5 Å². The molecule has 4 aliphatic rings. The Kier molecular flexibility index (Phi) is 17.1. The number of carbonyl (C=O) groups excluding carboxylic acids is 5. The molecule has 25 heteroatoms. The Morgan fingerprint density at radius 3 is 2.29 bits per heavy atom. The molecule has 23 nitrogen and oxygen atoms in total. The van der Waals surface area contributed by atoms with Crippen molar-refractivity contribution in [3.05, 3.63) is 47.6 Å². The van der Waals surface area contributed by atoms with E-state index in [-0.39, 0.29) is 61.5 Å². The molecule has 3 saturated carbocycles. The number of methoxy groups -OCH3 is 1. The Bertz CT molecular complexity index is 2010. The molecule has 0 saturated heterocycles. The van der Waals surface area contributed by atoms with Crippen LogP contribution in [0.2, 0.25) is 0 Å². The Balaban J connectivity index is 1.29. The fraction of sp³-hybridized carbons (Fsp3) is 0.634. The number of hydrogen-bond donors (Lipinski definition) is 7. The van der Waals surface area contributed by atoms with Crippen molar-refractivity contribution in [2.75, 3.05) is 33.5 Å². The van der Waals surface area contributed by atoms with Gasteiger partial charge in [0.15, 0.2) is 35.2 Å². The van der Waals surface area contributed by atoms with Gasteiger partial charge in [0.05, 0.1) is 48.2 Å². The van der Waals surface area contributed by atoms with Crippen LogP contribution >= 0.6 is 0 Å². The lowest BCUT2D eigenvalue weighted by Crippen LogP contribution is -2.71. The topological polar surface area (TPSA) is 311 Å². The van der Waals surface area contributed by atoms with Crippen LogP contribution in [0.15, 0.2) is 42.0 Å². The van der Waals surface area contributed by atoms with Crippen LogP contribution in [-0.2, 0) is 43.1 Å². The van der Waals surface area contributed by atoms with Crippen molar-refractivity contribution in [1.82, 2.24) is 16.2 Å². The van der Waals surface area contributed by atoms with Gasteiger partial charge in [0.25, 0.3) is 0 Å². The molecule has 0 radical (unpaired) electrons. The summed E-state index contributed by atoms with van der Waals surface area (Å²) < 4.78 is 61.2. The quantitative estimate of drug-likeness (QED) is 0.0282. The zero-order chi connectivity index (χ0) is 48.8. The summed E-state index contributed by atoms with van der Waals surface area (Å²) in [5, 5.41) is 63.1. The molecule has 0 heterocycles. The van der Waals surface area contributed by atoms with E-state index >= 15 is 8.78 Å². The van der Waals surface area contributed by atoms with E-state index in [4.69, 9.17) is 54.9 Å². The SMILES string of the molecule is COc1cc(C(=O)OCCCCC(CON(O)O)ON(O)O)ccc1OC(=O)OCC(=O)[C@@]1(OC(=O)CCCON(O)O)[C@H](C)CC2C3C[C@H](F)C4=CC(=O)C=C[C@]4(C)[C@@]3(F)[C@@H](O)C[C@@]21C. The predicted molar refractivity (Wildman–Crippen MR) is 208 cm³/mol. The van der Waals surface area contributed by atoms with Crippen molar-refractivity contribution >= 4 is 29.7 Å². The molecule has 1 aromatic carbocycles. The molecule has 0 spiro atoms. The molecule has 0 amide bonds. The Morgan fingerprint density at radius 2 is 1.62 bits per heavy atom. The van der Waals surface area contributed by atoms with Gasteiger partial charge in [-0.1, -0.05) is 19.9 Å². The van der Waals surface area contributed by atoms with Gasteiger partial charge in [0.1, 0.15) is 18.9 Å². The Labute approximate surface area is 375 Å². The number of ether oxygens (including phenoxy) is 5. The largest absolute Gasteiger partial charge is 0.514 e. The first-order valence-electron chi connectivity index (χ1n) is 20.9. The van der Waals surface area contributed by atoms with Crippen molar-refractivity contribution in [1.29, 1.82) is 0 Å². The predicted octanol–water partition coefficient (Wildman–Crippen LogP) is 4.14. The van der Waals surface area contributed by atoms with Gasteiger partial charge >= 0.3 is 18.1 Å². The molecule has 4 aliphatic carbocycles. The average molecular weight is 948 g/mol. The van der Waals surface area contributed by atoms with Gasteiger partial charge in [-0.2, -0.15) is 0 Å². The maximum absolute atomic E-state index is 17.9. The van der Waals surface area contributed by atoms with E-state index in [9.17, 15) is 29.1 Å². The minimum Gasteiger partial charge on any atom is -0.493 e. The molecule has 10 atom stereocenters. The van der Waals surface area contributed by atoms with E-state index < -0.39 is 137 Å². The summed E-state index contributed by atoms with van der Waals surface area (Å²) in [6, 6.07) is 3.60. The third-order valence-corrected chi connectivity index (χ3v) is 13.3. The number of allylic oxidation sites excluding steroid dienone is 4. The highest BCUT2D eigenvalue weighted by atomic mass is 19.1. The normalized spacial score (nSPS) is 30.6. The Morgan fingerprint density at radius 1 is 0.909 bits per heavy atom. The summed E-state index contributed by atoms with van der Waals surface area (Å²) in [6.07, 6.45) is -3.54. The first kappa shape index (κ1) is 52.4. The number of esters is 2. The number of alkyl halides is 2. The first-order chi connectivity index (χ1) is 31.0. The number of aliphatic hydroxyl groups excluding tert-OH is 1. The number of fused-ring (bicyclic) bond motifs is 5. The maximum Gasteiger partial charge on any atom is 0.514 e. The van der Waals surface area contributed by atoms with E-state index in [2.05, 4.69) is 14.5 Å². The minimum absolute atomic E-state index is 0.00136. The number of carbonyl (C=O) groups is 5. The molecule has 3 fully saturated rings. The van der Waals surface area contributed by atoms with Crippen molar-refractivity contribution in [2.24, 2.45) is 28.6 Å². The second-order valence-corrected chi connectivity index (χ2v) is 17.0. The monoisotopic (exact) mass is 947 g/mol. The number of Topliss-reactive ketones (excluding diaryl/α,β-unsaturated/α-hetero) is 1. The van der Waals surface area contributed by atoms with Gasteiger partial charge in [0.2, 0.25) is 5.78 Å². The highest BCUT2D eigenvalue weighted by Crippen LogP contribution is 2.71. The molecule has 1 aromatic rings. The fourth-order valence-electron chi connectivity index (χ4n) is 10.4. The van der Waals surface area contributed by atoms with Crippen LogP contribution in [0, 0.1) is 28.6 Å². The smallest absolute Gasteiger partial charge is 0.493 e. The van der Waals surface area contributed by atoms with Crippen LogP contribution in [-0.4, -0.2) is 145 Å². The molecule has 5 rings (SSSR count). The Hall–Kier alpha value is -4.61. The molecule has 368 valence electrons. The summed E-state index contributed by atoms with van der Waals surface area (Å²) in [7, 11) is 1.21. The lowest BCUT2D eigenvalue weighted by Gasteiger charge is -2.63. The molecule has 0 aliphatic heterocycles. The summed E-state index contributed by atoms with van der Waals surface area (Å²) in [4.78, 5) is 80.0. The maximum atomic E-state index is 17.9. The van der Waals surface area contributed by atoms with Crippen LogP contribution in [0.25, 0.3) is 0 Å². The fourth-order valence-corrected chi connectivity index (χ4v) is 10.4. The van der Waals surface area contributed by atoms with E-state index in [0.717, 1.165) is 12.2 Å². The van der Waals surface area contributed by atoms with Gasteiger partial charge in [-0.15, -0.1) is 0 Å².